The standard InChI is InChI=1S/C19H22N4O3/c1-4-6-20-19(24)15-10-22-18(11-21-15)23-7-5-13-8-16(25-2)17(26-3)9-14(13)12-23/h4,8-11H,1,5-7,12H2,2-3H3,(H,20,24). The van der Waals surface area contributed by atoms with E-state index in [0.717, 1.165) is 24.5 Å². The van der Waals surface area contributed by atoms with Gasteiger partial charge in [-0.3, -0.25) is 4.79 Å². The van der Waals surface area contributed by atoms with Gasteiger partial charge in [-0.1, -0.05) is 6.08 Å². The van der Waals surface area contributed by atoms with Crippen LogP contribution >= 0.6 is 0 Å². The van der Waals surface area contributed by atoms with Gasteiger partial charge in [-0.2, -0.15) is 0 Å². The Morgan fingerprint density at radius 3 is 2.58 bits per heavy atom. The number of anilines is 1. The minimum atomic E-state index is -0.259. The Hall–Kier alpha value is -3.09. The number of hydrogen-bond acceptors (Lipinski definition) is 6. The third-order valence-electron chi connectivity index (χ3n) is 4.32. The van der Waals surface area contributed by atoms with Crippen LogP contribution in [0.15, 0.2) is 37.2 Å². The monoisotopic (exact) mass is 354 g/mol. The Morgan fingerprint density at radius 2 is 1.96 bits per heavy atom. The van der Waals surface area contributed by atoms with Gasteiger partial charge in [-0.15, -0.1) is 6.58 Å². The van der Waals surface area contributed by atoms with Crippen molar-refractivity contribution < 1.29 is 14.3 Å². The number of carbonyl (C=O) groups is 1. The van der Waals surface area contributed by atoms with Crippen LogP contribution < -0.4 is 19.7 Å². The summed E-state index contributed by atoms with van der Waals surface area (Å²) in [6.07, 6.45) is 5.62. The fourth-order valence-corrected chi connectivity index (χ4v) is 2.94. The van der Waals surface area contributed by atoms with Gasteiger partial charge in [0.2, 0.25) is 0 Å². The lowest BCUT2D eigenvalue weighted by atomic mass is 9.99. The molecule has 1 amide bonds. The van der Waals surface area contributed by atoms with E-state index in [-0.39, 0.29) is 5.91 Å². The average molecular weight is 354 g/mol. The first-order valence-electron chi connectivity index (χ1n) is 8.36. The smallest absolute Gasteiger partial charge is 0.271 e. The van der Waals surface area contributed by atoms with E-state index in [0.29, 0.717) is 24.5 Å². The van der Waals surface area contributed by atoms with Crippen LogP contribution in [0.1, 0.15) is 21.6 Å². The Bertz CT molecular complexity index is 805. The summed E-state index contributed by atoms with van der Waals surface area (Å²) in [5.41, 5.74) is 2.70. The SMILES string of the molecule is C=CCNC(=O)c1cnc(N2CCc3cc(OC)c(OC)cc3C2)cn1. The summed E-state index contributed by atoms with van der Waals surface area (Å²) in [6.45, 7) is 5.49. The molecular formula is C19H22N4O3. The molecule has 26 heavy (non-hydrogen) atoms. The Balaban J connectivity index is 1.76. The summed E-state index contributed by atoms with van der Waals surface area (Å²) in [7, 11) is 3.27. The Kier molecular flexibility index (Phi) is 5.36. The van der Waals surface area contributed by atoms with E-state index in [4.69, 9.17) is 9.47 Å². The fraction of sp³-hybridized carbons (Fsp3) is 0.316. The highest BCUT2D eigenvalue weighted by molar-refractivity contribution is 5.92. The average Bonchev–Trinajstić information content (AvgIpc) is 2.70. The molecule has 0 aliphatic carbocycles. The number of fused-ring (bicyclic) bond motifs is 1. The van der Waals surface area contributed by atoms with E-state index in [1.165, 1.54) is 17.3 Å². The van der Waals surface area contributed by atoms with Gasteiger partial charge < -0.3 is 19.7 Å². The van der Waals surface area contributed by atoms with Gasteiger partial charge in [0.15, 0.2) is 11.5 Å². The van der Waals surface area contributed by atoms with Gasteiger partial charge in [0.1, 0.15) is 11.5 Å². The molecule has 2 aromatic rings. The first-order chi connectivity index (χ1) is 12.7. The molecule has 0 bridgehead atoms. The molecule has 3 rings (SSSR count). The molecule has 0 fully saturated rings. The molecule has 136 valence electrons. The third kappa shape index (κ3) is 3.61. The van der Waals surface area contributed by atoms with E-state index in [9.17, 15) is 4.79 Å². The topological polar surface area (TPSA) is 76.6 Å². The lowest BCUT2D eigenvalue weighted by Crippen LogP contribution is -2.31. The molecule has 0 spiro atoms. The van der Waals surface area contributed by atoms with Crippen molar-refractivity contribution in [2.75, 3.05) is 32.2 Å². The van der Waals surface area contributed by atoms with Crippen molar-refractivity contribution in [3.63, 3.8) is 0 Å². The second kappa shape index (κ2) is 7.86. The molecule has 1 aliphatic rings. The largest absolute Gasteiger partial charge is 0.493 e. The number of rotatable bonds is 6. The van der Waals surface area contributed by atoms with Crippen LogP contribution in [0, 0.1) is 0 Å². The molecule has 1 N–H and O–H groups in total. The number of nitrogens with zero attached hydrogens (tertiary/aromatic N) is 3. The number of amides is 1. The quantitative estimate of drug-likeness (QED) is 0.800. The predicted molar refractivity (Wildman–Crippen MR) is 98.9 cm³/mol. The maximum absolute atomic E-state index is 11.9. The lowest BCUT2D eigenvalue weighted by Gasteiger charge is -2.30. The first kappa shape index (κ1) is 17.7. The maximum atomic E-state index is 11.9. The molecule has 1 aliphatic heterocycles. The van der Waals surface area contributed by atoms with Crippen LogP contribution in [0.4, 0.5) is 5.82 Å². The van der Waals surface area contributed by atoms with Gasteiger partial charge in [0, 0.05) is 19.6 Å². The number of aromatic nitrogens is 2. The van der Waals surface area contributed by atoms with Crippen molar-refractivity contribution in [1.29, 1.82) is 0 Å². The van der Waals surface area contributed by atoms with Crippen molar-refractivity contribution in [2.24, 2.45) is 0 Å². The third-order valence-corrected chi connectivity index (χ3v) is 4.32. The summed E-state index contributed by atoms with van der Waals surface area (Å²) in [5, 5.41) is 2.69. The predicted octanol–water partition coefficient (Wildman–Crippen LogP) is 1.97. The van der Waals surface area contributed by atoms with E-state index in [2.05, 4.69) is 26.8 Å². The molecule has 0 saturated heterocycles. The van der Waals surface area contributed by atoms with Crippen LogP contribution in [0.5, 0.6) is 11.5 Å². The zero-order chi connectivity index (χ0) is 18.5. The molecule has 0 radical (unpaired) electrons. The van der Waals surface area contributed by atoms with Crippen LogP contribution in [-0.2, 0) is 13.0 Å². The van der Waals surface area contributed by atoms with Crippen LogP contribution in [0.2, 0.25) is 0 Å². The highest BCUT2D eigenvalue weighted by atomic mass is 16.5. The highest BCUT2D eigenvalue weighted by Gasteiger charge is 2.21. The molecule has 1 aromatic carbocycles. The summed E-state index contributed by atoms with van der Waals surface area (Å²) < 4.78 is 10.8. The summed E-state index contributed by atoms with van der Waals surface area (Å²) in [4.78, 5) is 22.6. The van der Waals surface area contributed by atoms with Gasteiger partial charge in [0.25, 0.3) is 5.91 Å². The van der Waals surface area contributed by atoms with Crippen molar-refractivity contribution in [2.45, 2.75) is 13.0 Å². The molecular weight excluding hydrogens is 332 g/mol. The number of nitrogens with one attached hydrogen (secondary N) is 1. The molecule has 7 heteroatoms. The molecule has 1 aromatic heterocycles. The summed E-state index contributed by atoms with van der Waals surface area (Å²) in [6, 6.07) is 4.04. The zero-order valence-corrected chi connectivity index (χ0v) is 15.0. The van der Waals surface area contributed by atoms with Crippen molar-refractivity contribution >= 4 is 11.7 Å². The second-order valence-electron chi connectivity index (χ2n) is 5.91. The van der Waals surface area contributed by atoms with Gasteiger partial charge >= 0.3 is 0 Å². The number of hydrogen-bond donors (Lipinski definition) is 1. The molecule has 0 saturated carbocycles. The highest BCUT2D eigenvalue weighted by Crippen LogP contribution is 2.33. The van der Waals surface area contributed by atoms with Crippen LogP contribution in [0.3, 0.4) is 0 Å². The minimum Gasteiger partial charge on any atom is -0.493 e. The second-order valence-corrected chi connectivity index (χ2v) is 5.91. The van der Waals surface area contributed by atoms with Crippen molar-refractivity contribution in [3.05, 3.63) is 54.0 Å². The first-order valence-corrected chi connectivity index (χ1v) is 8.36. The molecule has 0 atom stereocenters. The van der Waals surface area contributed by atoms with Crippen molar-refractivity contribution in [1.82, 2.24) is 15.3 Å². The Labute approximate surface area is 152 Å². The van der Waals surface area contributed by atoms with Crippen molar-refractivity contribution in [3.8, 4) is 11.5 Å². The Morgan fingerprint density at radius 1 is 1.23 bits per heavy atom. The van der Waals surface area contributed by atoms with E-state index in [1.807, 2.05) is 12.1 Å². The van der Waals surface area contributed by atoms with Gasteiger partial charge in [-0.05, 0) is 29.7 Å². The number of benzene rings is 1. The summed E-state index contributed by atoms with van der Waals surface area (Å²) in [5.74, 6) is 1.94. The zero-order valence-electron chi connectivity index (χ0n) is 15.0. The van der Waals surface area contributed by atoms with Gasteiger partial charge in [-0.25, -0.2) is 9.97 Å². The van der Waals surface area contributed by atoms with Gasteiger partial charge in [0.05, 0.1) is 26.6 Å². The molecule has 0 unspecified atom stereocenters. The molecule has 2 heterocycles. The maximum Gasteiger partial charge on any atom is 0.271 e. The number of ether oxygens (including phenoxy) is 2. The lowest BCUT2D eigenvalue weighted by molar-refractivity contribution is 0.0952. The normalized spacial score (nSPS) is 12.9. The van der Waals surface area contributed by atoms with E-state index in [1.54, 1.807) is 26.5 Å². The van der Waals surface area contributed by atoms with Crippen LogP contribution in [0.25, 0.3) is 0 Å². The minimum absolute atomic E-state index is 0.259. The number of methoxy groups -OCH3 is 2. The van der Waals surface area contributed by atoms with E-state index >= 15 is 0 Å². The van der Waals surface area contributed by atoms with E-state index < -0.39 is 0 Å². The summed E-state index contributed by atoms with van der Waals surface area (Å²) >= 11 is 0. The van der Waals surface area contributed by atoms with Crippen LogP contribution in [-0.4, -0.2) is 43.2 Å². The molecule has 7 nitrogen and oxygen atoms in total. The fourth-order valence-electron chi connectivity index (χ4n) is 2.94. The number of carbonyl (C=O) groups excluding carboxylic acids is 1.